The average Bonchev–Trinajstić information content (AvgIpc) is 2.27. The lowest BCUT2D eigenvalue weighted by Crippen LogP contribution is -2.44. The zero-order valence-electron chi connectivity index (χ0n) is 11.1. The standard InChI is InChI=1S/C13H19BrN2O2/c1-13(2,16(3)4)8-15-11-6-5-9(14)7-10(11)12(17)18/h5-7,15H,8H2,1-4H3,(H,17,18). The van der Waals surface area contributed by atoms with Gasteiger partial charge in [-0.3, -0.25) is 0 Å². The predicted octanol–water partition coefficient (Wildman–Crippen LogP) is 2.90. The van der Waals surface area contributed by atoms with Crippen LogP contribution in [0.2, 0.25) is 0 Å². The number of hydrogen-bond donors (Lipinski definition) is 2. The topological polar surface area (TPSA) is 52.6 Å². The highest BCUT2D eigenvalue weighted by Crippen LogP contribution is 2.22. The van der Waals surface area contributed by atoms with Crippen LogP contribution in [-0.4, -0.2) is 42.2 Å². The van der Waals surface area contributed by atoms with Gasteiger partial charge in [-0.1, -0.05) is 15.9 Å². The largest absolute Gasteiger partial charge is 0.478 e. The minimum absolute atomic E-state index is 0.0527. The Morgan fingerprint density at radius 2 is 2.06 bits per heavy atom. The highest BCUT2D eigenvalue weighted by Gasteiger charge is 2.21. The third-order valence-electron chi connectivity index (χ3n) is 3.13. The fourth-order valence-electron chi connectivity index (χ4n) is 1.32. The Labute approximate surface area is 116 Å². The van der Waals surface area contributed by atoms with Gasteiger partial charge in [-0.05, 0) is 46.1 Å². The fraction of sp³-hybridized carbons (Fsp3) is 0.462. The quantitative estimate of drug-likeness (QED) is 0.877. The minimum Gasteiger partial charge on any atom is -0.478 e. The van der Waals surface area contributed by atoms with Crippen molar-refractivity contribution >= 4 is 27.6 Å². The van der Waals surface area contributed by atoms with E-state index in [1.807, 2.05) is 20.2 Å². The Kier molecular flexibility index (Phi) is 4.76. The first-order valence-corrected chi connectivity index (χ1v) is 6.47. The lowest BCUT2D eigenvalue weighted by molar-refractivity contribution is 0.0697. The number of nitrogens with one attached hydrogen (secondary N) is 1. The van der Waals surface area contributed by atoms with E-state index in [1.165, 1.54) is 0 Å². The molecule has 0 radical (unpaired) electrons. The summed E-state index contributed by atoms with van der Waals surface area (Å²) in [7, 11) is 4.00. The van der Waals surface area contributed by atoms with Crippen molar-refractivity contribution in [3.63, 3.8) is 0 Å². The molecule has 2 N–H and O–H groups in total. The van der Waals surface area contributed by atoms with E-state index in [0.29, 0.717) is 12.2 Å². The van der Waals surface area contributed by atoms with E-state index in [-0.39, 0.29) is 11.1 Å². The van der Waals surface area contributed by atoms with Crippen LogP contribution in [0.5, 0.6) is 0 Å². The number of nitrogens with zero attached hydrogens (tertiary/aromatic N) is 1. The molecule has 0 aliphatic carbocycles. The molecule has 0 saturated heterocycles. The van der Waals surface area contributed by atoms with Crippen LogP contribution in [0, 0.1) is 0 Å². The molecule has 0 spiro atoms. The average molecular weight is 315 g/mol. The molecule has 0 heterocycles. The number of aromatic carboxylic acids is 1. The molecular weight excluding hydrogens is 296 g/mol. The second kappa shape index (κ2) is 5.71. The van der Waals surface area contributed by atoms with Crippen LogP contribution in [0.1, 0.15) is 24.2 Å². The molecule has 0 aliphatic heterocycles. The van der Waals surface area contributed by atoms with Crippen molar-refractivity contribution in [3.05, 3.63) is 28.2 Å². The fourth-order valence-corrected chi connectivity index (χ4v) is 1.68. The van der Waals surface area contributed by atoms with Gasteiger partial charge in [0.2, 0.25) is 0 Å². The summed E-state index contributed by atoms with van der Waals surface area (Å²) >= 11 is 3.28. The number of hydrogen-bond acceptors (Lipinski definition) is 3. The molecule has 5 heteroatoms. The van der Waals surface area contributed by atoms with Gasteiger partial charge in [0.1, 0.15) is 0 Å². The van der Waals surface area contributed by atoms with Gasteiger partial charge in [-0.15, -0.1) is 0 Å². The van der Waals surface area contributed by atoms with Gasteiger partial charge < -0.3 is 15.3 Å². The SMILES string of the molecule is CN(C)C(C)(C)CNc1ccc(Br)cc1C(=O)O. The van der Waals surface area contributed by atoms with Gasteiger partial charge in [-0.2, -0.15) is 0 Å². The lowest BCUT2D eigenvalue weighted by atomic mass is 10.0. The normalized spacial score (nSPS) is 11.7. The van der Waals surface area contributed by atoms with Gasteiger partial charge in [0.05, 0.1) is 5.56 Å². The van der Waals surface area contributed by atoms with Crippen LogP contribution < -0.4 is 5.32 Å². The summed E-state index contributed by atoms with van der Waals surface area (Å²) in [5.74, 6) is -0.929. The summed E-state index contributed by atoms with van der Waals surface area (Å²) < 4.78 is 0.761. The Bertz CT molecular complexity index is 445. The summed E-state index contributed by atoms with van der Waals surface area (Å²) in [6.07, 6.45) is 0. The van der Waals surface area contributed by atoms with Crippen molar-refractivity contribution in [1.82, 2.24) is 4.90 Å². The summed E-state index contributed by atoms with van der Waals surface area (Å²) in [6, 6.07) is 5.21. The van der Waals surface area contributed by atoms with E-state index in [2.05, 4.69) is 40.0 Å². The Hall–Kier alpha value is -1.07. The van der Waals surface area contributed by atoms with E-state index < -0.39 is 5.97 Å². The molecule has 0 bridgehead atoms. The summed E-state index contributed by atoms with van der Waals surface area (Å²) in [4.78, 5) is 13.3. The zero-order valence-corrected chi connectivity index (χ0v) is 12.7. The van der Waals surface area contributed by atoms with Crippen molar-refractivity contribution in [1.29, 1.82) is 0 Å². The monoisotopic (exact) mass is 314 g/mol. The van der Waals surface area contributed by atoms with E-state index in [0.717, 1.165) is 4.47 Å². The molecule has 0 saturated carbocycles. The summed E-state index contributed by atoms with van der Waals surface area (Å²) in [6.45, 7) is 4.86. The van der Waals surface area contributed by atoms with Crippen molar-refractivity contribution in [2.24, 2.45) is 0 Å². The minimum atomic E-state index is -0.929. The molecule has 0 aliphatic rings. The van der Waals surface area contributed by atoms with Gasteiger partial charge in [-0.25, -0.2) is 4.79 Å². The number of benzene rings is 1. The second-order valence-electron chi connectivity index (χ2n) is 5.06. The van der Waals surface area contributed by atoms with Gasteiger partial charge in [0, 0.05) is 22.2 Å². The first-order chi connectivity index (χ1) is 8.24. The molecule has 0 unspecified atom stereocenters. The van der Waals surface area contributed by atoms with Crippen LogP contribution in [0.15, 0.2) is 22.7 Å². The third kappa shape index (κ3) is 3.71. The molecule has 100 valence electrons. The zero-order chi connectivity index (χ0) is 13.9. The number of rotatable bonds is 5. The highest BCUT2D eigenvalue weighted by molar-refractivity contribution is 9.10. The number of carboxylic acids is 1. The van der Waals surface area contributed by atoms with Crippen molar-refractivity contribution in [2.75, 3.05) is 26.0 Å². The molecule has 0 amide bonds. The molecular formula is C13H19BrN2O2. The van der Waals surface area contributed by atoms with Crippen LogP contribution in [0.3, 0.4) is 0 Å². The van der Waals surface area contributed by atoms with E-state index in [1.54, 1.807) is 12.1 Å². The van der Waals surface area contributed by atoms with Crippen molar-refractivity contribution in [3.8, 4) is 0 Å². The molecule has 1 rings (SSSR count). The number of carboxylic acid groups (broad SMARTS) is 1. The Balaban J connectivity index is 2.89. The van der Waals surface area contributed by atoms with Crippen LogP contribution in [0.25, 0.3) is 0 Å². The third-order valence-corrected chi connectivity index (χ3v) is 3.63. The molecule has 0 aromatic heterocycles. The second-order valence-corrected chi connectivity index (χ2v) is 5.97. The van der Waals surface area contributed by atoms with Gasteiger partial charge in [0.15, 0.2) is 0 Å². The molecule has 0 fully saturated rings. The number of carbonyl (C=O) groups is 1. The highest BCUT2D eigenvalue weighted by atomic mass is 79.9. The van der Waals surface area contributed by atoms with Gasteiger partial charge >= 0.3 is 5.97 Å². The molecule has 18 heavy (non-hydrogen) atoms. The number of likely N-dealkylation sites (N-methyl/N-ethyl adjacent to an activating group) is 1. The van der Waals surface area contributed by atoms with Crippen LogP contribution >= 0.6 is 15.9 Å². The molecule has 0 atom stereocenters. The maximum atomic E-state index is 11.2. The van der Waals surface area contributed by atoms with Gasteiger partial charge in [0.25, 0.3) is 0 Å². The Morgan fingerprint density at radius 1 is 1.44 bits per heavy atom. The molecule has 1 aromatic rings. The number of anilines is 1. The lowest BCUT2D eigenvalue weighted by Gasteiger charge is -2.33. The van der Waals surface area contributed by atoms with Crippen LogP contribution in [-0.2, 0) is 0 Å². The summed E-state index contributed by atoms with van der Waals surface area (Å²) in [5.41, 5.74) is 0.864. The number of halogens is 1. The maximum Gasteiger partial charge on any atom is 0.337 e. The first-order valence-electron chi connectivity index (χ1n) is 5.68. The van der Waals surface area contributed by atoms with E-state index in [9.17, 15) is 4.79 Å². The Morgan fingerprint density at radius 3 is 2.56 bits per heavy atom. The summed E-state index contributed by atoms with van der Waals surface area (Å²) in [5, 5.41) is 12.4. The predicted molar refractivity (Wildman–Crippen MR) is 77.4 cm³/mol. The molecule has 1 aromatic carbocycles. The van der Waals surface area contributed by atoms with E-state index in [4.69, 9.17) is 5.11 Å². The van der Waals surface area contributed by atoms with Crippen LogP contribution in [0.4, 0.5) is 5.69 Å². The van der Waals surface area contributed by atoms with E-state index >= 15 is 0 Å². The smallest absolute Gasteiger partial charge is 0.337 e. The first kappa shape index (κ1) is 15.0. The maximum absolute atomic E-state index is 11.2. The molecule has 4 nitrogen and oxygen atoms in total. The van der Waals surface area contributed by atoms with Crippen molar-refractivity contribution < 1.29 is 9.90 Å². The van der Waals surface area contributed by atoms with Crippen molar-refractivity contribution in [2.45, 2.75) is 19.4 Å².